The van der Waals surface area contributed by atoms with E-state index < -0.39 is 40.7 Å². The molecule has 0 aliphatic heterocycles. The van der Waals surface area contributed by atoms with Crippen molar-refractivity contribution in [2.24, 2.45) is 0 Å². The number of unbranched alkanes of at least 4 members (excludes halogenated alkanes) is 2. The molecule has 1 heterocycles. The predicted octanol–water partition coefficient (Wildman–Crippen LogP) is 10.5. The minimum absolute atomic E-state index is 0.289. The normalized spacial score (nSPS) is 11.5. The van der Waals surface area contributed by atoms with Gasteiger partial charge in [0.05, 0.1) is 11.3 Å². The Balaban J connectivity index is 1.26. The topological polar surface area (TPSA) is 22.1 Å². The van der Waals surface area contributed by atoms with Crippen LogP contribution < -0.4 is 4.74 Å². The van der Waals surface area contributed by atoms with Crippen LogP contribution in [0, 0.1) is 23.3 Å². The Kier molecular flexibility index (Phi) is 8.85. The van der Waals surface area contributed by atoms with E-state index in [1.165, 1.54) is 42.7 Å². The average Bonchev–Trinajstić information content (AvgIpc) is 3.00. The van der Waals surface area contributed by atoms with E-state index in [1.807, 2.05) is 36.5 Å². The first-order chi connectivity index (χ1) is 20.6. The van der Waals surface area contributed by atoms with Gasteiger partial charge in [0.15, 0.2) is 17.5 Å². The second-order valence-corrected chi connectivity index (χ2v) is 10.2. The standard InChI is InChI=1S/C35H27F6NO/c1-2-3-4-5-22-6-17-33(42-21-22)25-9-7-23(8-10-25)24-11-13-27(14-12-24)35(40,41)43-28-15-16-29(30(36)20-28)26-18-31(37)34(39)32(38)19-26/h6-21H,2-5H2,1H3. The summed E-state index contributed by atoms with van der Waals surface area (Å²) in [5, 5.41) is 0. The summed E-state index contributed by atoms with van der Waals surface area (Å²) < 4.78 is 89.7. The highest BCUT2D eigenvalue weighted by atomic mass is 19.3. The van der Waals surface area contributed by atoms with Crippen LogP contribution in [0.25, 0.3) is 33.5 Å². The number of pyridine rings is 1. The van der Waals surface area contributed by atoms with Gasteiger partial charge in [-0.25, -0.2) is 17.6 Å². The number of benzene rings is 4. The van der Waals surface area contributed by atoms with E-state index in [2.05, 4.69) is 18.0 Å². The maximum absolute atomic E-state index is 14.9. The monoisotopic (exact) mass is 591 g/mol. The Bertz CT molecular complexity index is 1680. The maximum Gasteiger partial charge on any atom is 0.426 e. The lowest BCUT2D eigenvalue weighted by Crippen LogP contribution is -2.21. The fraction of sp³-hybridized carbons (Fsp3) is 0.171. The zero-order valence-corrected chi connectivity index (χ0v) is 23.2. The third kappa shape index (κ3) is 6.91. The third-order valence-corrected chi connectivity index (χ3v) is 7.11. The highest BCUT2D eigenvalue weighted by molar-refractivity contribution is 5.69. The minimum atomic E-state index is -3.81. The molecule has 0 aliphatic carbocycles. The molecular formula is C35H27F6NO. The largest absolute Gasteiger partial charge is 0.429 e. The predicted molar refractivity (Wildman–Crippen MR) is 155 cm³/mol. The van der Waals surface area contributed by atoms with Gasteiger partial charge in [-0.2, -0.15) is 8.78 Å². The quantitative estimate of drug-likeness (QED) is 0.0916. The molecule has 5 aromatic rings. The van der Waals surface area contributed by atoms with Crippen molar-refractivity contribution < 1.29 is 31.1 Å². The fourth-order valence-corrected chi connectivity index (χ4v) is 4.72. The van der Waals surface area contributed by atoms with Gasteiger partial charge in [0.25, 0.3) is 0 Å². The number of alkyl halides is 2. The molecular weight excluding hydrogens is 564 g/mol. The van der Waals surface area contributed by atoms with E-state index in [-0.39, 0.29) is 11.1 Å². The van der Waals surface area contributed by atoms with Crippen molar-refractivity contribution in [3.63, 3.8) is 0 Å². The zero-order chi connectivity index (χ0) is 30.6. The van der Waals surface area contributed by atoms with Crippen LogP contribution in [-0.2, 0) is 12.5 Å². The van der Waals surface area contributed by atoms with Crippen LogP contribution >= 0.6 is 0 Å². The first-order valence-electron chi connectivity index (χ1n) is 13.8. The fourth-order valence-electron chi connectivity index (χ4n) is 4.72. The molecule has 0 amide bonds. The van der Waals surface area contributed by atoms with Crippen LogP contribution in [0.4, 0.5) is 26.3 Å². The number of halogens is 6. The Morgan fingerprint density at radius 3 is 1.86 bits per heavy atom. The molecule has 0 radical (unpaired) electrons. The first kappa shape index (κ1) is 29.9. The SMILES string of the molecule is CCCCCc1ccc(-c2ccc(-c3ccc(C(F)(F)Oc4ccc(-c5cc(F)c(F)c(F)c5)c(F)c4)cc3)cc2)nc1. The van der Waals surface area contributed by atoms with Gasteiger partial charge in [-0.1, -0.05) is 62.2 Å². The van der Waals surface area contributed by atoms with Crippen molar-refractivity contribution in [1.29, 1.82) is 0 Å². The summed E-state index contributed by atoms with van der Waals surface area (Å²) in [4.78, 5) is 4.57. The van der Waals surface area contributed by atoms with E-state index in [9.17, 15) is 26.3 Å². The minimum Gasteiger partial charge on any atom is -0.429 e. The van der Waals surface area contributed by atoms with Gasteiger partial charge in [-0.3, -0.25) is 4.98 Å². The molecule has 8 heteroatoms. The van der Waals surface area contributed by atoms with Crippen molar-refractivity contribution in [3.05, 3.63) is 132 Å². The number of nitrogens with zero attached hydrogens (tertiary/aromatic N) is 1. The van der Waals surface area contributed by atoms with Gasteiger partial charge in [-0.05, 0) is 77.6 Å². The average molecular weight is 592 g/mol. The van der Waals surface area contributed by atoms with E-state index in [0.29, 0.717) is 23.8 Å². The van der Waals surface area contributed by atoms with Gasteiger partial charge < -0.3 is 4.74 Å². The molecule has 0 N–H and O–H groups in total. The van der Waals surface area contributed by atoms with E-state index in [4.69, 9.17) is 4.74 Å². The van der Waals surface area contributed by atoms with Crippen LogP contribution in [0.5, 0.6) is 5.75 Å². The van der Waals surface area contributed by atoms with Crippen LogP contribution in [0.2, 0.25) is 0 Å². The molecule has 0 saturated heterocycles. The Labute approximate surface area is 245 Å². The second kappa shape index (κ2) is 12.7. The van der Waals surface area contributed by atoms with Crippen LogP contribution in [0.1, 0.15) is 37.3 Å². The third-order valence-electron chi connectivity index (χ3n) is 7.11. The number of ether oxygens (including phenoxy) is 1. The highest BCUT2D eigenvalue weighted by Crippen LogP contribution is 2.35. The van der Waals surface area contributed by atoms with Gasteiger partial charge >= 0.3 is 6.11 Å². The number of hydrogen-bond acceptors (Lipinski definition) is 2. The lowest BCUT2D eigenvalue weighted by atomic mass is 10.0. The molecule has 1 aromatic heterocycles. The van der Waals surface area contributed by atoms with E-state index in [1.54, 1.807) is 0 Å². The summed E-state index contributed by atoms with van der Waals surface area (Å²) >= 11 is 0. The van der Waals surface area contributed by atoms with Crippen molar-refractivity contribution in [2.45, 2.75) is 38.7 Å². The van der Waals surface area contributed by atoms with E-state index in [0.717, 1.165) is 41.8 Å². The Hall–Kier alpha value is -4.59. The summed E-state index contributed by atoms with van der Waals surface area (Å²) in [7, 11) is 0. The molecule has 0 unspecified atom stereocenters. The first-order valence-corrected chi connectivity index (χ1v) is 13.8. The zero-order valence-electron chi connectivity index (χ0n) is 23.2. The Morgan fingerprint density at radius 1 is 0.651 bits per heavy atom. The summed E-state index contributed by atoms with van der Waals surface area (Å²) in [6.45, 7) is 2.17. The number of rotatable bonds is 10. The molecule has 4 aromatic carbocycles. The van der Waals surface area contributed by atoms with E-state index >= 15 is 0 Å². The van der Waals surface area contributed by atoms with Crippen molar-refractivity contribution >= 4 is 0 Å². The number of aryl methyl sites for hydroxylation is 1. The second-order valence-electron chi connectivity index (χ2n) is 10.2. The Morgan fingerprint density at radius 2 is 1.28 bits per heavy atom. The van der Waals surface area contributed by atoms with Gasteiger partial charge in [-0.15, -0.1) is 0 Å². The summed E-state index contributed by atoms with van der Waals surface area (Å²) in [6, 6.07) is 21.2. The maximum atomic E-state index is 14.9. The number of hydrogen-bond donors (Lipinski definition) is 0. The molecule has 0 bridgehead atoms. The molecule has 0 spiro atoms. The van der Waals surface area contributed by atoms with Crippen LogP contribution in [0.15, 0.2) is 97.2 Å². The molecule has 0 fully saturated rings. The summed E-state index contributed by atoms with van der Waals surface area (Å²) in [5.41, 5.74) is 3.47. The van der Waals surface area contributed by atoms with Crippen molar-refractivity contribution in [3.8, 4) is 39.3 Å². The van der Waals surface area contributed by atoms with Gasteiger partial charge in [0.2, 0.25) is 0 Å². The molecule has 0 atom stereocenters. The van der Waals surface area contributed by atoms with Crippen LogP contribution in [-0.4, -0.2) is 4.98 Å². The molecule has 220 valence electrons. The van der Waals surface area contributed by atoms with Crippen molar-refractivity contribution in [1.82, 2.24) is 4.98 Å². The van der Waals surface area contributed by atoms with Gasteiger partial charge in [0, 0.05) is 23.4 Å². The molecule has 2 nitrogen and oxygen atoms in total. The van der Waals surface area contributed by atoms with Crippen molar-refractivity contribution in [2.75, 3.05) is 0 Å². The molecule has 5 rings (SSSR count). The number of aromatic nitrogens is 1. The molecule has 0 aliphatic rings. The summed E-state index contributed by atoms with van der Waals surface area (Å²) in [5.74, 6) is -6.27. The lowest BCUT2D eigenvalue weighted by Gasteiger charge is -2.19. The smallest absolute Gasteiger partial charge is 0.426 e. The van der Waals surface area contributed by atoms with Crippen LogP contribution in [0.3, 0.4) is 0 Å². The molecule has 43 heavy (non-hydrogen) atoms. The molecule has 0 saturated carbocycles. The highest BCUT2D eigenvalue weighted by Gasteiger charge is 2.34. The summed E-state index contributed by atoms with van der Waals surface area (Å²) in [6.07, 6.45) is 2.60. The van der Waals surface area contributed by atoms with Gasteiger partial charge in [0.1, 0.15) is 11.6 Å². The lowest BCUT2D eigenvalue weighted by molar-refractivity contribution is -0.185.